The highest BCUT2D eigenvalue weighted by Crippen LogP contribution is 2.15. The number of nitrogens with zero attached hydrogens (tertiary/aromatic N) is 3. The zero-order valence-corrected chi connectivity index (χ0v) is 8.89. The summed E-state index contributed by atoms with van der Waals surface area (Å²) in [6, 6.07) is 3.42. The summed E-state index contributed by atoms with van der Waals surface area (Å²) in [5.41, 5.74) is 0. The van der Waals surface area contributed by atoms with Crippen molar-refractivity contribution in [2.45, 2.75) is 19.9 Å². The molecule has 2 N–H and O–H groups in total. The number of carbonyl (C=O) groups is 1. The quantitative estimate of drug-likeness (QED) is 0.790. The lowest BCUT2D eigenvalue weighted by Gasteiger charge is -2.08. The maximum Gasteiger partial charge on any atom is 0.293 e. The Balaban J connectivity index is 2.03. The molecule has 84 valence electrons. The zero-order chi connectivity index (χ0) is 11.5. The van der Waals surface area contributed by atoms with Gasteiger partial charge in [0.1, 0.15) is 11.5 Å². The van der Waals surface area contributed by atoms with Crippen LogP contribution in [0.15, 0.2) is 16.5 Å². The SMILES string of the molecule is Cc1ccc(C(C)NC(=O)c2nn[nH]n2)o1. The molecule has 0 saturated heterocycles. The number of nitrogens with one attached hydrogen (secondary N) is 2. The van der Waals surface area contributed by atoms with Gasteiger partial charge >= 0.3 is 0 Å². The largest absolute Gasteiger partial charge is 0.464 e. The Morgan fingerprint density at radius 2 is 2.38 bits per heavy atom. The Morgan fingerprint density at radius 1 is 1.56 bits per heavy atom. The number of hydrogen-bond acceptors (Lipinski definition) is 5. The van der Waals surface area contributed by atoms with Crippen molar-refractivity contribution < 1.29 is 9.21 Å². The van der Waals surface area contributed by atoms with Crippen LogP contribution in [0.5, 0.6) is 0 Å². The lowest BCUT2D eigenvalue weighted by Crippen LogP contribution is -2.27. The van der Waals surface area contributed by atoms with Crippen LogP contribution in [0.2, 0.25) is 0 Å². The molecule has 0 aliphatic heterocycles. The van der Waals surface area contributed by atoms with Crippen LogP contribution in [0, 0.1) is 6.92 Å². The number of furan rings is 1. The van der Waals surface area contributed by atoms with Crippen LogP contribution in [0.1, 0.15) is 35.1 Å². The summed E-state index contributed by atoms with van der Waals surface area (Å²) >= 11 is 0. The Morgan fingerprint density at radius 3 is 2.94 bits per heavy atom. The normalized spacial score (nSPS) is 12.4. The minimum absolute atomic E-state index is 0.00938. The van der Waals surface area contributed by atoms with E-state index >= 15 is 0 Å². The molecule has 0 bridgehead atoms. The van der Waals surface area contributed by atoms with Gasteiger partial charge in [0.25, 0.3) is 11.7 Å². The van der Waals surface area contributed by atoms with Crippen LogP contribution >= 0.6 is 0 Å². The van der Waals surface area contributed by atoms with Gasteiger partial charge in [0, 0.05) is 0 Å². The van der Waals surface area contributed by atoms with Crippen LogP contribution in [-0.2, 0) is 0 Å². The molecule has 1 amide bonds. The van der Waals surface area contributed by atoms with Crippen molar-refractivity contribution in [3.63, 3.8) is 0 Å². The van der Waals surface area contributed by atoms with Gasteiger partial charge < -0.3 is 9.73 Å². The molecule has 0 saturated carbocycles. The third kappa shape index (κ3) is 2.08. The van der Waals surface area contributed by atoms with Crippen LogP contribution in [0.25, 0.3) is 0 Å². The molecule has 7 nitrogen and oxygen atoms in total. The standard InChI is InChI=1S/C9H11N5O2/c1-5-3-4-7(16-5)6(2)10-9(15)8-11-13-14-12-8/h3-4,6H,1-2H3,(H,10,15)(H,11,12,13,14). The number of amides is 1. The smallest absolute Gasteiger partial charge is 0.293 e. The van der Waals surface area contributed by atoms with Crippen molar-refractivity contribution in [2.75, 3.05) is 0 Å². The lowest BCUT2D eigenvalue weighted by atomic mass is 10.2. The molecule has 2 rings (SSSR count). The summed E-state index contributed by atoms with van der Waals surface area (Å²) in [6.45, 7) is 3.66. The van der Waals surface area contributed by atoms with E-state index in [1.54, 1.807) is 0 Å². The van der Waals surface area contributed by atoms with Crippen molar-refractivity contribution >= 4 is 5.91 Å². The molecule has 0 fully saturated rings. The third-order valence-corrected chi connectivity index (χ3v) is 2.08. The summed E-state index contributed by atoms with van der Waals surface area (Å²) in [6.07, 6.45) is 0. The number of aromatic nitrogens is 4. The molecule has 2 aromatic heterocycles. The fourth-order valence-corrected chi connectivity index (χ4v) is 1.28. The first-order chi connectivity index (χ1) is 7.66. The van der Waals surface area contributed by atoms with Crippen LogP contribution < -0.4 is 5.32 Å². The van der Waals surface area contributed by atoms with Crippen molar-refractivity contribution in [2.24, 2.45) is 0 Å². The molecular formula is C9H11N5O2. The second-order valence-electron chi connectivity index (χ2n) is 3.38. The maximum atomic E-state index is 11.6. The highest BCUT2D eigenvalue weighted by molar-refractivity contribution is 5.90. The minimum atomic E-state index is -0.393. The Kier molecular flexibility index (Phi) is 2.67. The average Bonchev–Trinajstić information content (AvgIpc) is 2.87. The molecular weight excluding hydrogens is 210 g/mol. The summed E-state index contributed by atoms with van der Waals surface area (Å²) in [5, 5.41) is 15.4. The van der Waals surface area contributed by atoms with Gasteiger partial charge in [-0.05, 0) is 31.2 Å². The number of aryl methyl sites for hydroxylation is 1. The summed E-state index contributed by atoms with van der Waals surface area (Å²) in [7, 11) is 0. The highest BCUT2D eigenvalue weighted by Gasteiger charge is 2.16. The molecule has 2 aromatic rings. The zero-order valence-electron chi connectivity index (χ0n) is 8.89. The van der Waals surface area contributed by atoms with Gasteiger partial charge in [0.15, 0.2) is 0 Å². The van der Waals surface area contributed by atoms with Crippen LogP contribution in [0.3, 0.4) is 0 Å². The van der Waals surface area contributed by atoms with Gasteiger partial charge in [0.05, 0.1) is 6.04 Å². The summed E-state index contributed by atoms with van der Waals surface area (Å²) in [5.74, 6) is 1.11. The van der Waals surface area contributed by atoms with Crippen LogP contribution in [0.4, 0.5) is 0 Å². The van der Waals surface area contributed by atoms with Crippen molar-refractivity contribution in [1.82, 2.24) is 25.9 Å². The van der Waals surface area contributed by atoms with E-state index in [1.807, 2.05) is 26.0 Å². The van der Waals surface area contributed by atoms with Crippen molar-refractivity contribution in [3.8, 4) is 0 Å². The van der Waals surface area contributed by atoms with Crippen LogP contribution in [-0.4, -0.2) is 26.5 Å². The molecule has 0 radical (unpaired) electrons. The van der Waals surface area contributed by atoms with Gasteiger partial charge in [-0.25, -0.2) is 0 Å². The van der Waals surface area contributed by atoms with Gasteiger partial charge in [-0.2, -0.15) is 5.21 Å². The van der Waals surface area contributed by atoms with E-state index in [0.29, 0.717) is 5.76 Å². The van der Waals surface area contributed by atoms with E-state index < -0.39 is 5.91 Å². The van der Waals surface area contributed by atoms with E-state index in [2.05, 4.69) is 25.9 Å². The second kappa shape index (κ2) is 4.13. The topological polar surface area (TPSA) is 96.7 Å². The highest BCUT2D eigenvalue weighted by atomic mass is 16.3. The molecule has 1 atom stereocenters. The van der Waals surface area contributed by atoms with Gasteiger partial charge in [-0.1, -0.05) is 0 Å². The fourth-order valence-electron chi connectivity index (χ4n) is 1.28. The Labute approximate surface area is 91.2 Å². The molecule has 2 heterocycles. The maximum absolute atomic E-state index is 11.6. The van der Waals surface area contributed by atoms with Gasteiger partial charge in [-0.3, -0.25) is 4.79 Å². The predicted octanol–water partition coefficient (Wildman–Crippen LogP) is 0.592. The van der Waals surface area contributed by atoms with E-state index in [-0.39, 0.29) is 11.9 Å². The number of H-pyrrole nitrogens is 1. The second-order valence-corrected chi connectivity index (χ2v) is 3.38. The van der Waals surface area contributed by atoms with E-state index in [0.717, 1.165) is 5.76 Å². The summed E-state index contributed by atoms with van der Waals surface area (Å²) in [4.78, 5) is 11.6. The monoisotopic (exact) mass is 221 g/mol. The Hall–Kier alpha value is -2.18. The predicted molar refractivity (Wildman–Crippen MR) is 53.5 cm³/mol. The molecule has 0 aromatic carbocycles. The van der Waals surface area contributed by atoms with E-state index in [9.17, 15) is 4.79 Å². The molecule has 0 aliphatic carbocycles. The lowest BCUT2D eigenvalue weighted by molar-refractivity contribution is 0.0924. The average molecular weight is 221 g/mol. The van der Waals surface area contributed by atoms with E-state index in [1.165, 1.54) is 0 Å². The number of hydrogen-bond donors (Lipinski definition) is 2. The fraction of sp³-hybridized carbons (Fsp3) is 0.333. The number of aromatic amines is 1. The third-order valence-electron chi connectivity index (χ3n) is 2.08. The number of carbonyl (C=O) groups excluding carboxylic acids is 1. The minimum Gasteiger partial charge on any atom is -0.464 e. The molecule has 1 unspecified atom stereocenters. The van der Waals surface area contributed by atoms with Gasteiger partial charge in [-0.15, -0.1) is 10.2 Å². The Bertz CT molecular complexity index is 476. The molecule has 16 heavy (non-hydrogen) atoms. The van der Waals surface area contributed by atoms with Gasteiger partial charge in [0.2, 0.25) is 0 Å². The number of rotatable bonds is 3. The molecule has 7 heteroatoms. The molecule has 0 aliphatic rings. The van der Waals surface area contributed by atoms with Crippen molar-refractivity contribution in [1.29, 1.82) is 0 Å². The van der Waals surface area contributed by atoms with E-state index in [4.69, 9.17) is 4.42 Å². The molecule has 0 spiro atoms. The first-order valence-electron chi connectivity index (χ1n) is 4.77. The first-order valence-corrected chi connectivity index (χ1v) is 4.77. The first kappa shape index (κ1) is 10.3. The summed E-state index contributed by atoms with van der Waals surface area (Å²) < 4.78 is 5.38. The number of tetrazole rings is 1. The van der Waals surface area contributed by atoms with Crippen molar-refractivity contribution in [3.05, 3.63) is 29.5 Å².